The van der Waals surface area contributed by atoms with Gasteiger partial charge in [-0.1, -0.05) is 0 Å². The van der Waals surface area contributed by atoms with Gasteiger partial charge in [-0.15, -0.1) is 0 Å². The highest BCUT2D eigenvalue weighted by atomic mass is 19.4. The minimum absolute atomic E-state index is 0.122. The lowest BCUT2D eigenvalue weighted by Gasteiger charge is -2.23. The molecule has 0 aromatic heterocycles. The molecule has 1 aromatic rings. The summed E-state index contributed by atoms with van der Waals surface area (Å²) in [7, 11) is 1.34. The molecule has 0 spiro atoms. The van der Waals surface area contributed by atoms with E-state index in [4.69, 9.17) is 19.9 Å². The molecule has 0 saturated carbocycles. The van der Waals surface area contributed by atoms with Gasteiger partial charge >= 0.3 is 6.18 Å². The maximum absolute atomic E-state index is 12.6. The molecule has 1 unspecified atom stereocenters. The van der Waals surface area contributed by atoms with Crippen molar-refractivity contribution < 1.29 is 27.4 Å². The van der Waals surface area contributed by atoms with Crippen molar-refractivity contribution in [2.75, 3.05) is 20.3 Å². The first kappa shape index (κ1) is 12.8. The Bertz CT molecular complexity index is 431. The van der Waals surface area contributed by atoms with Crippen LogP contribution in [0.25, 0.3) is 0 Å². The number of rotatable bonds is 2. The van der Waals surface area contributed by atoms with Gasteiger partial charge in [-0.25, -0.2) is 0 Å². The third-order valence-electron chi connectivity index (χ3n) is 2.56. The Morgan fingerprint density at radius 3 is 2.56 bits per heavy atom. The Morgan fingerprint density at radius 2 is 1.94 bits per heavy atom. The van der Waals surface area contributed by atoms with Crippen molar-refractivity contribution in [3.05, 3.63) is 17.7 Å². The van der Waals surface area contributed by atoms with Gasteiger partial charge in [0.15, 0.2) is 11.5 Å². The summed E-state index contributed by atoms with van der Waals surface area (Å²) in [5.41, 5.74) is 5.03. The molecule has 1 heterocycles. The summed E-state index contributed by atoms with van der Waals surface area (Å²) in [6.07, 6.45) is -4.52. The molecule has 0 aliphatic carbocycles. The summed E-state index contributed by atoms with van der Waals surface area (Å²) in [4.78, 5) is 0. The molecular weight excluding hydrogens is 251 g/mol. The molecule has 0 saturated heterocycles. The molecule has 4 nitrogen and oxygen atoms in total. The van der Waals surface area contributed by atoms with Crippen molar-refractivity contribution in [1.29, 1.82) is 0 Å². The number of fused-ring (bicyclic) bond motifs is 1. The summed E-state index contributed by atoms with van der Waals surface area (Å²) >= 11 is 0. The van der Waals surface area contributed by atoms with Crippen LogP contribution in [0.5, 0.6) is 17.2 Å². The fourth-order valence-electron chi connectivity index (χ4n) is 1.66. The van der Waals surface area contributed by atoms with Crippen molar-refractivity contribution in [1.82, 2.24) is 0 Å². The lowest BCUT2D eigenvalue weighted by Crippen LogP contribution is -2.28. The normalized spacial score (nSPS) is 16.3. The second kappa shape index (κ2) is 4.56. The number of ether oxygens (including phenoxy) is 3. The minimum atomic E-state index is -4.52. The van der Waals surface area contributed by atoms with Crippen LogP contribution >= 0.6 is 0 Å². The van der Waals surface area contributed by atoms with Crippen LogP contribution in [0.15, 0.2) is 12.1 Å². The largest absolute Gasteiger partial charge is 0.493 e. The zero-order valence-corrected chi connectivity index (χ0v) is 9.58. The highest BCUT2D eigenvalue weighted by molar-refractivity contribution is 5.55. The SMILES string of the molecule is COc1cc(C(N)C(F)(F)F)cc2c1OCCO2. The summed E-state index contributed by atoms with van der Waals surface area (Å²) in [5.74, 6) is 0.707. The van der Waals surface area contributed by atoms with E-state index in [-0.39, 0.29) is 23.7 Å². The molecule has 2 rings (SSSR count). The molecule has 0 radical (unpaired) electrons. The van der Waals surface area contributed by atoms with E-state index >= 15 is 0 Å². The third kappa shape index (κ3) is 2.31. The van der Waals surface area contributed by atoms with E-state index in [1.54, 1.807) is 0 Å². The Labute approximate surface area is 101 Å². The second-order valence-electron chi connectivity index (χ2n) is 3.77. The Kier molecular flexibility index (Phi) is 3.25. The predicted octanol–water partition coefficient (Wildman–Crippen LogP) is 2.03. The van der Waals surface area contributed by atoms with Crippen molar-refractivity contribution in [2.24, 2.45) is 5.73 Å². The van der Waals surface area contributed by atoms with Gasteiger partial charge in [0.05, 0.1) is 7.11 Å². The third-order valence-corrected chi connectivity index (χ3v) is 2.56. The van der Waals surface area contributed by atoms with E-state index in [0.717, 1.165) is 0 Å². The first-order valence-electron chi connectivity index (χ1n) is 5.23. The molecule has 0 fully saturated rings. The molecule has 100 valence electrons. The average Bonchev–Trinajstić information content (AvgIpc) is 2.35. The highest BCUT2D eigenvalue weighted by Crippen LogP contribution is 2.43. The van der Waals surface area contributed by atoms with Crippen LogP contribution in [-0.4, -0.2) is 26.5 Å². The van der Waals surface area contributed by atoms with Crippen LogP contribution in [0.3, 0.4) is 0 Å². The number of halogens is 3. The maximum Gasteiger partial charge on any atom is 0.407 e. The Morgan fingerprint density at radius 1 is 1.28 bits per heavy atom. The van der Waals surface area contributed by atoms with E-state index < -0.39 is 12.2 Å². The van der Waals surface area contributed by atoms with E-state index in [9.17, 15) is 13.2 Å². The number of hydrogen-bond donors (Lipinski definition) is 1. The number of benzene rings is 1. The summed E-state index contributed by atoms with van der Waals surface area (Å²) in [6.45, 7) is 0.606. The minimum Gasteiger partial charge on any atom is -0.493 e. The molecular formula is C11H12F3NO3. The molecule has 2 N–H and O–H groups in total. The van der Waals surface area contributed by atoms with Crippen LogP contribution in [0.1, 0.15) is 11.6 Å². The molecule has 0 amide bonds. The van der Waals surface area contributed by atoms with Gasteiger partial charge in [-0.05, 0) is 17.7 Å². The van der Waals surface area contributed by atoms with Crippen LogP contribution in [0.2, 0.25) is 0 Å². The number of nitrogens with two attached hydrogens (primary N) is 1. The van der Waals surface area contributed by atoms with E-state index in [1.165, 1.54) is 19.2 Å². The second-order valence-corrected chi connectivity index (χ2v) is 3.77. The van der Waals surface area contributed by atoms with Gasteiger partial charge in [0.2, 0.25) is 5.75 Å². The average molecular weight is 263 g/mol. The predicted molar refractivity (Wildman–Crippen MR) is 57.0 cm³/mol. The molecule has 18 heavy (non-hydrogen) atoms. The van der Waals surface area contributed by atoms with Crippen molar-refractivity contribution >= 4 is 0 Å². The monoisotopic (exact) mass is 263 g/mol. The van der Waals surface area contributed by atoms with Crippen LogP contribution in [0, 0.1) is 0 Å². The zero-order valence-electron chi connectivity index (χ0n) is 9.58. The van der Waals surface area contributed by atoms with Crippen molar-refractivity contribution in [3.63, 3.8) is 0 Å². The van der Waals surface area contributed by atoms with Gasteiger partial charge in [0.25, 0.3) is 0 Å². The highest BCUT2D eigenvalue weighted by Gasteiger charge is 2.39. The Hall–Kier alpha value is -1.63. The standard InChI is InChI=1S/C11H12F3NO3/c1-16-7-4-6(10(15)11(12,13)14)5-8-9(7)18-3-2-17-8/h4-5,10H,2-3,15H2,1H3. The smallest absolute Gasteiger partial charge is 0.407 e. The van der Waals surface area contributed by atoms with Crippen LogP contribution in [-0.2, 0) is 0 Å². The van der Waals surface area contributed by atoms with E-state index in [0.29, 0.717) is 12.4 Å². The van der Waals surface area contributed by atoms with Gasteiger partial charge in [-0.3, -0.25) is 0 Å². The fourth-order valence-corrected chi connectivity index (χ4v) is 1.66. The van der Waals surface area contributed by atoms with Crippen molar-refractivity contribution in [3.8, 4) is 17.2 Å². The zero-order chi connectivity index (χ0) is 13.3. The molecule has 1 atom stereocenters. The molecule has 1 aliphatic rings. The Balaban J connectivity index is 2.44. The fraction of sp³-hybridized carbons (Fsp3) is 0.455. The quantitative estimate of drug-likeness (QED) is 0.887. The summed E-state index contributed by atoms with van der Waals surface area (Å²) in [5, 5.41) is 0. The first-order valence-corrected chi connectivity index (χ1v) is 5.23. The van der Waals surface area contributed by atoms with Crippen LogP contribution in [0.4, 0.5) is 13.2 Å². The molecule has 1 aliphatic heterocycles. The number of hydrogen-bond acceptors (Lipinski definition) is 4. The molecule has 0 bridgehead atoms. The van der Waals surface area contributed by atoms with E-state index in [2.05, 4.69) is 0 Å². The number of methoxy groups -OCH3 is 1. The lowest BCUT2D eigenvalue weighted by molar-refractivity contribution is -0.149. The summed E-state index contributed by atoms with van der Waals surface area (Å²) in [6, 6.07) is 0.364. The van der Waals surface area contributed by atoms with Gasteiger partial charge in [0, 0.05) is 0 Å². The topological polar surface area (TPSA) is 53.7 Å². The first-order chi connectivity index (χ1) is 8.43. The van der Waals surface area contributed by atoms with E-state index in [1.807, 2.05) is 0 Å². The van der Waals surface area contributed by atoms with Crippen molar-refractivity contribution in [2.45, 2.75) is 12.2 Å². The van der Waals surface area contributed by atoms with Gasteiger partial charge in [-0.2, -0.15) is 13.2 Å². The van der Waals surface area contributed by atoms with Crippen LogP contribution < -0.4 is 19.9 Å². The molecule has 7 heteroatoms. The van der Waals surface area contributed by atoms with Gasteiger partial charge < -0.3 is 19.9 Å². The number of alkyl halides is 3. The maximum atomic E-state index is 12.6. The molecule has 1 aromatic carbocycles. The lowest BCUT2D eigenvalue weighted by atomic mass is 10.1. The van der Waals surface area contributed by atoms with Gasteiger partial charge in [0.1, 0.15) is 19.3 Å². The summed E-state index contributed by atoms with van der Waals surface area (Å²) < 4.78 is 53.2.